The van der Waals surface area contributed by atoms with Crippen LogP contribution in [0.3, 0.4) is 0 Å². The molecule has 1 saturated carbocycles. The molecule has 3 nitrogen and oxygen atoms in total. The van der Waals surface area contributed by atoms with Gasteiger partial charge in [-0.25, -0.2) is 0 Å². The predicted molar refractivity (Wildman–Crippen MR) is 88.4 cm³/mol. The summed E-state index contributed by atoms with van der Waals surface area (Å²) in [6.07, 6.45) is 6.41. The number of nitrogens with one attached hydrogen (secondary N) is 1. The molecule has 2 N–H and O–H groups in total. The molecule has 118 valence electrons. The van der Waals surface area contributed by atoms with Crippen molar-refractivity contribution in [2.24, 2.45) is 0 Å². The highest BCUT2D eigenvalue weighted by molar-refractivity contribution is 5.18. The lowest BCUT2D eigenvalue weighted by atomic mass is 10.0. The molecule has 0 saturated heterocycles. The van der Waals surface area contributed by atoms with E-state index >= 15 is 0 Å². The van der Waals surface area contributed by atoms with Gasteiger partial charge in [0.05, 0.1) is 6.61 Å². The number of hydrogen-bond acceptors (Lipinski definition) is 3. The molecule has 1 unspecified atom stereocenters. The van der Waals surface area contributed by atoms with Crippen LogP contribution in [0.2, 0.25) is 0 Å². The first kappa shape index (κ1) is 16.5. The Bertz CT molecular complexity index is 376. The zero-order valence-electron chi connectivity index (χ0n) is 13.3. The quantitative estimate of drug-likeness (QED) is 0.734. The number of nitrogens with zero attached hydrogens (tertiary/aromatic N) is 1. The van der Waals surface area contributed by atoms with E-state index in [0.717, 1.165) is 26.1 Å². The summed E-state index contributed by atoms with van der Waals surface area (Å²) >= 11 is 0. The van der Waals surface area contributed by atoms with E-state index < -0.39 is 0 Å². The second-order valence-electron chi connectivity index (χ2n) is 6.01. The van der Waals surface area contributed by atoms with E-state index in [2.05, 4.69) is 47.5 Å². The molecule has 2 rings (SSSR count). The zero-order chi connectivity index (χ0) is 14.9. The summed E-state index contributed by atoms with van der Waals surface area (Å²) in [5.74, 6) is 0. The first-order valence-corrected chi connectivity index (χ1v) is 8.48. The van der Waals surface area contributed by atoms with Crippen molar-refractivity contribution in [1.82, 2.24) is 10.2 Å². The van der Waals surface area contributed by atoms with E-state index in [-0.39, 0.29) is 6.61 Å². The first-order valence-electron chi connectivity index (χ1n) is 8.48. The Kier molecular flexibility index (Phi) is 7.20. The van der Waals surface area contributed by atoms with E-state index in [1.165, 1.54) is 31.2 Å². The Morgan fingerprint density at radius 1 is 1.19 bits per heavy atom. The van der Waals surface area contributed by atoms with Crippen LogP contribution in [0.4, 0.5) is 0 Å². The minimum absolute atomic E-state index is 0.272. The monoisotopic (exact) mass is 290 g/mol. The van der Waals surface area contributed by atoms with Crippen LogP contribution in [0.25, 0.3) is 0 Å². The fourth-order valence-corrected chi connectivity index (χ4v) is 3.49. The van der Waals surface area contributed by atoms with Crippen LogP contribution in [-0.2, 0) is 0 Å². The van der Waals surface area contributed by atoms with Crippen molar-refractivity contribution in [2.75, 3.05) is 26.2 Å². The van der Waals surface area contributed by atoms with Gasteiger partial charge in [0.25, 0.3) is 0 Å². The van der Waals surface area contributed by atoms with Crippen molar-refractivity contribution in [1.29, 1.82) is 0 Å². The Morgan fingerprint density at radius 2 is 1.90 bits per heavy atom. The number of benzene rings is 1. The van der Waals surface area contributed by atoms with Crippen LogP contribution in [0.1, 0.15) is 50.6 Å². The molecule has 1 fully saturated rings. The predicted octanol–water partition coefficient (Wildman–Crippen LogP) is 2.96. The lowest BCUT2D eigenvalue weighted by Crippen LogP contribution is -2.38. The molecule has 1 aromatic carbocycles. The maximum atomic E-state index is 9.33. The standard InChI is InChI=1S/C18H30N2O/c1-2-19-18(16-8-4-3-5-9-16)12-13-20(14-15-21)17-10-6-7-11-17/h3-5,8-9,17-19,21H,2,6-7,10-15H2,1H3. The third-order valence-electron chi connectivity index (χ3n) is 4.59. The smallest absolute Gasteiger partial charge is 0.0558 e. The summed E-state index contributed by atoms with van der Waals surface area (Å²) in [5.41, 5.74) is 1.37. The lowest BCUT2D eigenvalue weighted by molar-refractivity contribution is 0.145. The summed E-state index contributed by atoms with van der Waals surface area (Å²) in [6.45, 7) is 5.31. The number of hydrogen-bond donors (Lipinski definition) is 2. The summed E-state index contributed by atoms with van der Waals surface area (Å²) in [6, 6.07) is 11.8. The van der Waals surface area contributed by atoms with Crippen molar-refractivity contribution in [3.8, 4) is 0 Å². The molecule has 1 aromatic rings. The number of aliphatic hydroxyl groups excluding tert-OH is 1. The maximum Gasteiger partial charge on any atom is 0.0558 e. The van der Waals surface area contributed by atoms with Crippen molar-refractivity contribution in [3.05, 3.63) is 35.9 Å². The Hall–Kier alpha value is -0.900. The molecular weight excluding hydrogens is 260 g/mol. The van der Waals surface area contributed by atoms with Crippen LogP contribution in [0.5, 0.6) is 0 Å². The second-order valence-corrected chi connectivity index (χ2v) is 6.01. The topological polar surface area (TPSA) is 35.5 Å². The molecule has 0 heterocycles. The third-order valence-corrected chi connectivity index (χ3v) is 4.59. The molecule has 0 radical (unpaired) electrons. The fourth-order valence-electron chi connectivity index (χ4n) is 3.49. The average Bonchev–Trinajstić information content (AvgIpc) is 3.05. The molecule has 1 aliphatic carbocycles. The van der Waals surface area contributed by atoms with E-state index in [4.69, 9.17) is 0 Å². The van der Waals surface area contributed by atoms with Gasteiger partial charge in [-0.05, 0) is 31.4 Å². The van der Waals surface area contributed by atoms with E-state index in [1.54, 1.807) is 0 Å². The molecule has 0 bridgehead atoms. The average molecular weight is 290 g/mol. The molecule has 1 aliphatic rings. The van der Waals surface area contributed by atoms with E-state index in [0.29, 0.717) is 12.1 Å². The van der Waals surface area contributed by atoms with E-state index in [9.17, 15) is 5.11 Å². The van der Waals surface area contributed by atoms with Gasteiger partial charge in [-0.15, -0.1) is 0 Å². The molecular formula is C18H30N2O. The highest BCUT2D eigenvalue weighted by Crippen LogP contribution is 2.25. The van der Waals surface area contributed by atoms with Crippen LogP contribution >= 0.6 is 0 Å². The molecule has 3 heteroatoms. The third kappa shape index (κ3) is 5.10. The van der Waals surface area contributed by atoms with Crippen LogP contribution in [0, 0.1) is 0 Å². The van der Waals surface area contributed by atoms with Gasteiger partial charge in [0.2, 0.25) is 0 Å². The Balaban J connectivity index is 1.92. The Labute approximate surface area is 129 Å². The summed E-state index contributed by atoms with van der Waals surface area (Å²) < 4.78 is 0. The molecule has 0 aromatic heterocycles. The molecule has 1 atom stereocenters. The van der Waals surface area contributed by atoms with Crippen molar-refractivity contribution in [3.63, 3.8) is 0 Å². The number of aliphatic hydroxyl groups is 1. The minimum atomic E-state index is 0.272. The van der Waals surface area contributed by atoms with Crippen molar-refractivity contribution in [2.45, 2.75) is 51.1 Å². The molecule has 21 heavy (non-hydrogen) atoms. The van der Waals surface area contributed by atoms with Gasteiger partial charge in [0.1, 0.15) is 0 Å². The molecule has 0 spiro atoms. The van der Waals surface area contributed by atoms with Crippen molar-refractivity contribution >= 4 is 0 Å². The van der Waals surface area contributed by atoms with Gasteiger partial charge in [0, 0.05) is 25.2 Å². The Morgan fingerprint density at radius 3 is 2.52 bits per heavy atom. The van der Waals surface area contributed by atoms with Crippen LogP contribution < -0.4 is 5.32 Å². The SMILES string of the molecule is CCNC(CCN(CCO)C1CCCC1)c1ccccc1. The van der Waals surface area contributed by atoms with Gasteiger partial charge in [-0.2, -0.15) is 0 Å². The fraction of sp³-hybridized carbons (Fsp3) is 0.667. The molecule has 0 aliphatic heterocycles. The highest BCUT2D eigenvalue weighted by atomic mass is 16.3. The van der Waals surface area contributed by atoms with Crippen LogP contribution in [-0.4, -0.2) is 42.3 Å². The highest BCUT2D eigenvalue weighted by Gasteiger charge is 2.23. The summed E-state index contributed by atoms with van der Waals surface area (Å²) in [4.78, 5) is 2.50. The second kappa shape index (κ2) is 9.19. The lowest BCUT2D eigenvalue weighted by Gasteiger charge is -2.30. The summed E-state index contributed by atoms with van der Waals surface area (Å²) in [5, 5.41) is 12.9. The van der Waals surface area contributed by atoms with Gasteiger partial charge < -0.3 is 10.4 Å². The van der Waals surface area contributed by atoms with Gasteiger partial charge in [-0.3, -0.25) is 4.90 Å². The van der Waals surface area contributed by atoms with Gasteiger partial charge in [0.15, 0.2) is 0 Å². The normalized spacial score (nSPS) is 17.5. The van der Waals surface area contributed by atoms with Crippen molar-refractivity contribution < 1.29 is 5.11 Å². The zero-order valence-corrected chi connectivity index (χ0v) is 13.3. The summed E-state index contributed by atoms with van der Waals surface area (Å²) in [7, 11) is 0. The maximum absolute atomic E-state index is 9.33. The minimum Gasteiger partial charge on any atom is -0.395 e. The van der Waals surface area contributed by atoms with Gasteiger partial charge in [-0.1, -0.05) is 50.1 Å². The molecule has 0 amide bonds. The van der Waals surface area contributed by atoms with E-state index in [1.807, 2.05) is 0 Å². The largest absolute Gasteiger partial charge is 0.395 e. The van der Waals surface area contributed by atoms with Crippen LogP contribution in [0.15, 0.2) is 30.3 Å². The first-order chi connectivity index (χ1) is 10.3. The van der Waals surface area contributed by atoms with Gasteiger partial charge >= 0.3 is 0 Å². The number of rotatable bonds is 9.